The van der Waals surface area contributed by atoms with Crippen molar-refractivity contribution in [3.63, 3.8) is 0 Å². The molecule has 4 heterocycles. The largest absolute Gasteiger partial charge is 0.454 e. The van der Waals surface area contributed by atoms with Crippen molar-refractivity contribution in [3.8, 4) is 0 Å². The highest BCUT2D eigenvalue weighted by atomic mass is 16.7. The summed E-state index contributed by atoms with van der Waals surface area (Å²) in [4.78, 5) is 77.5. The molecule has 3 aromatic rings. The number of hydrogen-bond acceptors (Lipinski definition) is 10. The Hall–Kier alpha value is -4.58. The number of anilines is 1. The first kappa shape index (κ1) is 27.6. The van der Waals surface area contributed by atoms with E-state index in [1.54, 1.807) is 55.5 Å². The molecule has 0 unspecified atom stereocenters. The van der Waals surface area contributed by atoms with Gasteiger partial charge in [-0.25, -0.2) is 9.78 Å². The van der Waals surface area contributed by atoms with Crippen LogP contribution in [-0.2, 0) is 39.1 Å². The van der Waals surface area contributed by atoms with E-state index in [4.69, 9.17) is 19.3 Å². The van der Waals surface area contributed by atoms with Crippen molar-refractivity contribution < 1.29 is 33.5 Å². The minimum atomic E-state index is -1.48. The second-order valence-corrected chi connectivity index (χ2v) is 11.2. The topological polar surface area (TPSA) is 137 Å². The summed E-state index contributed by atoms with van der Waals surface area (Å²) in [5.74, 6) is -2.45. The predicted molar refractivity (Wildman–Crippen MR) is 148 cm³/mol. The number of ether oxygens (including phenoxy) is 2. The quantitative estimate of drug-likeness (QED) is 0.418. The molecule has 3 aliphatic heterocycles. The molecule has 1 aromatic heterocycles. The van der Waals surface area contributed by atoms with Crippen molar-refractivity contribution in [2.24, 2.45) is 5.92 Å². The van der Waals surface area contributed by atoms with E-state index in [-0.39, 0.29) is 29.5 Å². The summed E-state index contributed by atoms with van der Waals surface area (Å²) in [7, 11) is 0. The summed E-state index contributed by atoms with van der Waals surface area (Å²) >= 11 is 0. The third kappa shape index (κ3) is 3.92. The van der Waals surface area contributed by atoms with E-state index in [2.05, 4.69) is 0 Å². The van der Waals surface area contributed by atoms with E-state index in [0.717, 1.165) is 0 Å². The van der Waals surface area contributed by atoms with Gasteiger partial charge in [-0.2, -0.15) is 0 Å². The Morgan fingerprint density at radius 1 is 1.02 bits per heavy atom. The number of carbonyl (C=O) groups excluding carboxylic acids is 4. The molecule has 0 bridgehead atoms. The second kappa shape index (κ2) is 9.76. The lowest BCUT2D eigenvalue weighted by Crippen LogP contribution is -2.51. The Kier molecular flexibility index (Phi) is 6.41. The summed E-state index contributed by atoms with van der Waals surface area (Å²) in [5, 5.41) is 1.54. The van der Waals surface area contributed by atoms with E-state index >= 15 is 0 Å². The standard InChI is InChI=1S/C30H30N4O8/c1-15(2)24(40-17(4)35)25-31-21-12-8-6-10-19(21)27(38)32(25)23-14-30(41-28(23)39)20-11-7-9-13-22(20)33-26(37)16(3)34(29(30)33)42-18(5)36/h6-13,15-16,23-24,29H,14H2,1-5H3/t16-,23-,24+,29+,30-/m0/s1. The minimum Gasteiger partial charge on any atom is -0.454 e. The minimum absolute atomic E-state index is 0.0837. The van der Waals surface area contributed by atoms with Gasteiger partial charge in [-0.15, -0.1) is 5.06 Å². The molecule has 12 nitrogen and oxygen atoms in total. The zero-order chi connectivity index (χ0) is 30.1. The first-order valence-corrected chi connectivity index (χ1v) is 13.8. The number of benzene rings is 2. The Morgan fingerprint density at radius 2 is 1.71 bits per heavy atom. The van der Waals surface area contributed by atoms with E-state index < -0.39 is 53.4 Å². The van der Waals surface area contributed by atoms with E-state index in [9.17, 15) is 24.0 Å². The number of hydroxylamine groups is 2. The predicted octanol–water partition coefficient (Wildman–Crippen LogP) is 2.90. The van der Waals surface area contributed by atoms with Gasteiger partial charge in [0.2, 0.25) is 5.91 Å². The summed E-state index contributed by atoms with van der Waals surface area (Å²) < 4.78 is 13.1. The van der Waals surface area contributed by atoms with Gasteiger partial charge in [-0.1, -0.05) is 44.2 Å². The highest BCUT2D eigenvalue weighted by molar-refractivity contribution is 6.03. The van der Waals surface area contributed by atoms with Gasteiger partial charge in [-0.05, 0) is 31.0 Å². The van der Waals surface area contributed by atoms with E-state index in [1.807, 2.05) is 13.8 Å². The molecule has 42 heavy (non-hydrogen) atoms. The molecule has 0 saturated carbocycles. The zero-order valence-electron chi connectivity index (χ0n) is 23.8. The molecule has 1 spiro atoms. The number of aromatic nitrogens is 2. The van der Waals surface area contributed by atoms with Crippen LogP contribution >= 0.6 is 0 Å². The molecule has 12 heteroatoms. The van der Waals surface area contributed by atoms with Crippen LogP contribution in [-0.4, -0.2) is 50.6 Å². The Labute approximate surface area is 240 Å². The summed E-state index contributed by atoms with van der Waals surface area (Å²) in [5.41, 5.74) is -0.520. The van der Waals surface area contributed by atoms with Gasteiger partial charge >= 0.3 is 17.9 Å². The molecule has 2 saturated heterocycles. The van der Waals surface area contributed by atoms with Gasteiger partial charge in [0, 0.05) is 25.8 Å². The monoisotopic (exact) mass is 574 g/mol. The average Bonchev–Trinajstić information content (AvgIpc) is 3.51. The van der Waals surface area contributed by atoms with Crippen LogP contribution in [0.1, 0.15) is 64.6 Å². The van der Waals surface area contributed by atoms with Crippen molar-refractivity contribution in [1.29, 1.82) is 0 Å². The van der Waals surface area contributed by atoms with Crippen LogP contribution in [0.4, 0.5) is 5.69 Å². The number of para-hydroxylation sites is 2. The lowest BCUT2D eigenvalue weighted by atomic mass is 9.88. The fraction of sp³-hybridized carbons (Fsp3) is 0.400. The molecule has 3 aliphatic rings. The Balaban J connectivity index is 1.56. The first-order valence-electron chi connectivity index (χ1n) is 13.8. The lowest BCUT2D eigenvalue weighted by Gasteiger charge is -2.35. The molecule has 2 fully saturated rings. The molecule has 0 N–H and O–H groups in total. The normalized spacial score (nSPS) is 25.6. The number of amides is 1. The van der Waals surface area contributed by atoms with E-state index in [1.165, 1.54) is 28.4 Å². The average molecular weight is 575 g/mol. The first-order chi connectivity index (χ1) is 20.0. The van der Waals surface area contributed by atoms with Crippen LogP contribution in [0.3, 0.4) is 0 Å². The highest BCUT2D eigenvalue weighted by Gasteiger charge is 2.68. The van der Waals surface area contributed by atoms with Crippen LogP contribution in [0.15, 0.2) is 53.3 Å². The van der Waals surface area contributed by atoms with Crippen LogP contribution in [0.5, 0.6) is 0 Å². The molecule has 0 radical (unpaired) electrons. The summed E-state index contributed by atoms with van der Waals surface area (Å²) in [6.45, 7) is 7.74. The van der Waals surface area contributed by atoms with Gasteiger partial charge in [0.15, 0.2) is 23.7 Å². The fourth-order valence-corrected chi connectivity index (χ4v) is 6.39. The molecule has 6 rings (SSSR count). The maximum Gasteiger partial charge on any atom is 0.330 e. The van der Waals surface area contributed by atoms with Gasteiger partial charge in [-0.3, -0.25) is 28.6 Å². The maximum absolute atomic E-state index is 14.1. The second-order valence-electron chi connectivity index (χ2n) is 11.2. The SMILES string of the molecule is CC(=O)O[C@@H](c1nc2ccccc2c(=O)n1[C@H]1C[C@]2(OC1=O)c1ccccc1N1C(=O)[C@H](C)N(OC(C)=O)[C@@H]12)C(C)C. The zero-order valence-corrected chi connectivity index (χ0v) is 23.8. The highest BCUT2D eigenvalue weighted by Crippen LogP contribution is 2.57. The Morgan fingerprint density at radius 3 is 2.40 bits per heavy atom. The van der Waals surface area contributed by atoms with E-state index in [0.29, 0.717) is 16.8 Å². The van der Waals surface area contributed by atoms with Crippen molar-refractivity contribution in [3.05, 3.63) is 70.3 Å². The lowest BCUT2D eigenvalue weighted by molar-refractivity contribution is -0.221. The summed E-state index contributed by atoms with van der Waals surface area (Å²) in [6.07, 6.45) is -2.03. The Bertz CT molecular complexity index is 1720. The number of carbonyl (C=O) groups is 4. The molecule has 1 amide bonds. The molecule has 2 aromatic carbocycles. The smallest absolute Gasteiger partial charge is 0.330 e. The number of nitrogens with zero attached hydrogens (tertiary/aromatic N) is 4. The maximum atomic E-state index is 14.1. The fourth-order valence-electron chi connectivity index (χ4n) is 6.39. The van der Waals surface area contributed by atoms with Crippen LogP contribution in [0.2, 0.25) is 0 Å². The number of hydrogen-bond donors (Lipinski definition) is 0. The number of esters is 2. The molecule has 0 aliphatic carbocycles. The van der Waals surface area contributed by atoms with Crippen LogP contribution in [0, 0.1) is 5.92 Å². The molecular formula is C30H30N4O8. The van der Waals surface area contributed by atoms with Crippen LogP contribution in [0.25, 0.3) is 10.9 Å². The number of rotatable bonds is 5. The third-order valence-corrected chi connectivity index (χ3v) is 8.08. The molecule has 218 valence electrons. The number of fused-ring (bicyclic) bond motifs is 6. The van der Waals surface area contributed by atoms with Crippen molar-refractivity contribution in [2.75, 3.05) is 4.90 Å². The van der Waals surface area contributed by atoms with Gasteiger partial charge in [0.1, 0.15) is 12.1 Å². The van der Waals surface area contributed by atoms with Gasteiger partial charge < -0.3 is 14.3 Å². The van der Waals surface area contributed by atoms with Gasteiger partial charge in [0.25, 0.3) is 5.56 Å². The van der Waals surface area contributed by atoms with Crippen LogP contribution < -0.4 is 10.5 Å². The van der Waals surface area contributed by atoms with Crippen molar-refractivity contribution in [2.45, 2.75) is 71.0 Å². The van der Waals surface area contributed by atoms with Gasteiger partial charge in [0.05, 0.1) is 16.6 Å². The molecule has 5 atom stereocenters. The third-order valence-electron chi connectivity index (χ3n) is 8.08. The molecular weight excluding hydrogens is 544 g/mol. The van der Waals surface area contributed by atoms with Crippen molar-refractivity contribution >= 4 is 40.4 Å². The summed E-state index contributed by atoms with van der Waals surface area (Å²) in [6, 6.07) is 11.7. The van der Waals surface area contributed by atoms with Crippen molar-refractivity contribution in [1.82, 2.24) is 14.6 Å².